The van der Waals surface area contributed by atoms with Crippen molar-refractivity contribution in [3.8, 4) is 11.8 Å². The average Bonchev–Trinajstić information content (AvgIpc) is 3.17. The fourth-order valence-electron chi connectivity index (χ4n) is 7.06. The van der Waals surface area contributed by atoms with E-state index in [1.807, 2.05) is 50.2 Å². The van der Waals surface area contributed by atoms with Gasteiger partial charge in [-0.05, 0) is 86.1 Å². The zero-order chi connectivity index (χ0) is 40.4. The molecule has 3 atom stereocenters. The highest BCUT2D eigenvalue weighted by atomic mass is 32.2. The molecule has 0 saturated carbocycles. The lowest BCUT2D eigenvalue weighted by Gasteiger charge is -2.43. The smallest absolute Gasteiger partial charge is 0.298 e. The summed E-state index contributed by atoms with van der Waals surface area (Å²) in [5.41, 5.74) is 1.78. The van der Waals surface area contributed by atoms with Crippen LogP contribution in [0.5, 0.6) is 0 Å². The maximum Gasteiger partial charge on any atom is 0.298 e. The third-order valence-electron chi connectivity index (χ3n) is 9.95. The van der Waals surface area contributed by atoms with Crippen LogP contribution < -0.4 is 10.4 Å². The molecule has 1 aliphatic rings. The highest BCUT2D eigenvalue weighted by Crippen LogP contribution is 2.37. The minimum absolute atomic E-state index is 0.0462. The predicted octanol–water partition coefficient (Wildman–Crippen LogP) is 6.97. The first-order valence-electron chi connectivity index (χ1n) is 19.2. The zero-order valence-electron chi connectivity index (χ0n) is 33.3. The van der Waals surface area contributed by atoms with Gasteiger partial charge >= 0.3 is 0 Å². The fourth-order valence-corrected chi connectivity index (χ4v) is 14.1. The van der Waals surface area contributed by atoms with E-state index in [0.29, 0.717) is 19.4 Å². The van der Waals surface area contributed by atoms with Crippen LogP contribution in [-0.2, 0) is 38.2 Å². The summed E-state index contributed by atoms with van der Waals surface area (Å²) in [6.45, 7) is 12.2. The first-order valence-corrected chi connectivity index (χ1v) is 23.9. The van der Waals surface area contributed by atoms with E-state index in [2.05, 4.69) is 56.9 Å². The summed E-state index contributed by atoms with van der Waals surface area (Å²) in [6, 6.07) is 33.5. The molecule has 0 amide bonds. The summed E-state index contributed by atoms with van der Waals surface area (Å²) in [5, 5.41) is 1.98. The maximum atomic E-state index is 14.6. The van der Waals surface area contributed by atoms with Gasteiger partial charge in [-0.2, -0.15) is 12.7 Å². The number of hydrogen-bond donors (Lipinski definition) is 0. The van der Waals surface area contributed by atoms with Gasteiger partial charge in [0, 0.05) is 19.8 Å². The topological polar surface area (TPSA) is 108 Å². The highest BCUT2D eigenvalue weighted by molar-refractivity contribution is 7.89. The Kier molecular flexibility index (Phi) is 14.9. The van der Waals surface area contributed by atoms with Gasteiger partial charge in [0.2, 0.25) is 10.0 Å². The molecular weight excluding hydrogens is 763 g/mol. The second kappa shape index (κ2) is 19.2. The van der Waals surface area contributed by atoms with Crippen LogP contribution in [-0.4, -0.2) is 74.3 Å². The molecule has 0 N–H and O–H groups in total. The molecule has 9 nitrogen and oxygen atoms in total. The van der Waals surface area contributed by atoms with Crippen molar-refractivity contribution in [2.75, 3.05) is 26.3 Å². The molecule has 4 aromatic carbocycles. The van der Waals surface area contributed by atoms with Crippen LogP contribution in [0.25, 0.3) is 0 Å². The number of sulfonamides is 1. The van der Waals surface area contributed by atoms with Crippen LogP contribution >= 0.6 is 0 Å². The minimum atomic E-state index is -4.30. The van der Waals surface area contributed by atoms with Crippen LogP contribution in [0.3, 0.4) is 0 Å². The predicted molar refractivity (Wildman–Crippen MR) is 223 cm³/mol. The zero-order valence-corrected chi connectivity index (χ0v) is 35.9. The number of ether oxygens (including phenoxy) is 2. The largest absolute Gasteiger partial charge is 0.407 e. The second-order valence-corrected chi connectivity index (χ2v) is 23.1. The lowest BCUT2D eigenvalue weighted by atomic mass is 10.2. The molecule has 300 valence electrons. The molecular formula is C44H55NO8S2Si. The van der Waals surface area contributed by atoms with E-state index in [1.54, 1.807) is 43.3 Å². The summed E-state index contributed by atoms with van der Waals surface area (Å²) in [7, 11) is -11.4. The molecule has 5 rings (SSSR count). The summed E-state index contributed by atoms with van der Waals surface area (Å²) >= 11 is 0. The fraction of sp³-hybridized carbons (Fsp3) is 0.409. The third kappa shape index (κ3) is 10.8. The van der Waals surface area contributed by atoms with Crippen LogP contribution in [0, 0.1) is 25.7 Å². The first-order chi connectivity index (χ1) is 26.7. The molecule has 56 heavy (non-hydrogen) atoms. The SMILES string of the molecule is CC#C[C@@H](CN(C[C@H](CCO[Si](c1ccccc1)(c1ccccc1)C(C)(C)C)OC1CCCCO1)S(=O)(=O)c1ccc(C)cc1)OS(=O)(=O)c1ccc(C)cc1. The molecule has 0 aliphatic carbocycles. The van der Waals surface area contributed by atoms with Crippen molar-refractivity contribution in [1.82, 2.24) is 4.31 Å². The van der Waals surface area contributed by atoms with Crippen molar-refractivity contribution in [1.29, 1.82) is 0 Å². The number of nitrogens with zero attached hydrogens (tertiary/aromatic N) is 1. The molecule has 1 heterocycles. The van der Waals surface area contributed by atoms with Gasteiger partial charge in [0.15, 0.2) is 12.4 Å². The Morgan fingerprint density at radius 3 is 1.84 bits per heavy atom. The summed E-state index contributed by atoms with van der Waals surface area (Å²) < 4.78 is 82.9. The van der Waals surface area contributed by atoms with E-state index < -0.39 is 47.0 Å². The van der Waals surface area contributed by atoms with Crippen LogP contribution in [0.1, 0.15) is 64.5 Å². The van der Waals surface area contributed by atoms with Crippen molar-refractivity contribution in [2.24, 2.45) is 0 Å². The van der Waals surface area contributed by atoms with Gasteiger partial charge in [0.25, 0.3) is 18.4 Å². The molecule has 1 aliphatic heterocycles. The van der Waals surface area contributed by atoms with Gasteiger partial charge in [-0.3, -0.25) is 0 Å². The van der Waals surface area contributed by atoms with E-state index in [-0.39, 0.29) is 34.5 Å². The van der Waals surface area contributed by atoms with Gasteiger partial charge < -0.3 is 13.9 Å². The Morgan fingerprint density at radius 1 is 0.786 bits per heavy atom. The molecule has 1 saturated heterocycles. The Labute approximate surface area is 335 Å². The Hall–Kier alpha value is -3.64. The van der Waals surface area contributed by atoms with Crippen LogP contribution in [0.4, 0.5) is 0 Å². The van der Waals surface area contributed by atoms with Gasteiger partial charge in [0.05, 0.1) is 22.4 Å². The Morgan fingerprint density at radius 2 is 1.34 bits per heavy atom. The molecule has 0 aromatic heterocycles. The van der Waals surface area contributed by atoms with Gasteiger partial charge in [0.1, 0.15) is 0 Å². The van der Waals surface area contributed by atoms with Crippen molar-refractivity contribution in [3.63, 3.8) is 0 Å². The lowest BCUT2D eigenvalue weighted by Crippen LogP contribution is -2.66. The Balaban J connectivity index is 1.51. The van der Waals surface area contributed by atoms with Gasteiger partial charge in [-0.15, -0.1) is 5.92 Å². The van der Waals surface area contributed by atoms with Crippen molar-refractivity contribution in [2.45, 2.75) is 101 Å². The van der Waals surface area contributed by atoms with Gasteiger partial charge in [-0.1, -0.05) is 123 Å². The number of benzene rings is 4. The van der Waals surface area contributed by atoms with Crippen molar-refractivity contribution >= 4 is 38.8 Å². The quantitative estimate of drug-likeness (QED) is 0.0639. The molecule has 0 spiro atoms. The van der Waals surface area contributed by atoms with Crippen LogP contribution in [0.15, 0.2) is 119 Å². The summed E-state index contributed by atoms with van der Waals surface area (Å²) in [6.07, 6.45) is 0.289. The van der Waals surface area contributed by atoms with E-state index in [0.717, 1.165) is 34.3 Å². The van der Waals surface area contributed by atoms with Crippen LogP contribution in [0.2, 0.25) is 5.04 Å². The third-order valence-corrected chi connectivity index (χ3v) is 18.2. The minimum Gasteiger partial charge on any atom is -0.407 e. The van der Waals surface area contributed by atoms with Gasteiger partial charge in [-0.25, -0.2) is 12.6 Å². The molecule has 1 fully saturated rings. The number of rotatable bonds is 17. The van der Waals surface area contributed by atoms with E-state index in [1.165, 1.54) is 16.4 Å². The second-order valence-electron chi connectivity index (χ2n) is 15.2. The molecule has 0 bridgehead atoms. The Bertz CT molecular complexity index is 2080. The highest BCUT2D eigenvalue weighted by Gasteiger charge is 2.50. The molecule has 0 radical (unpaired) electrons. The average molecular weight is 818 g/mol. The van der Waals surface area contributed by atoms with E-state index >= 15 is 0 Å². The number of aryl methyl sites for hydroxylation is 2. The monoisotopic (exact) mass is 817 g/mol. The van der Waals surface area contributed by atoms with Crippen molar-refractivity contribution in [3.05, 3.63) is 120 Å². The summed E-state index contributed by atoms with van der Waals surface area (Å²) in [4.78, 5) is 0.0130. The molecule has 4 aromatic rings. The van der Waals surface area contributed by atoms with E-state index in [9.17, 15) is 16.8 Å². The summed E-state index contributed by atoms with van der Waals surface area (Å²) in [5.74, 6) is 5.55. The maximum absolute atomic E-state index is 14.6. The standard InChI is InChI=1S/C44H55NO8S2Si/c1-7-16-38(53-55(48,49)40-28-24-36(3)25-29-40)34-45(54(46,47)39-26-22-35(2)23-27-39)33-37(52-43-21-14-15-31-50-43)30-32-51-56(44(4,5)6,41-17-10-8-11-18-41)42-19-12-9-13-20-42/h8-13,17-20,22-29,37-38,43H,14-15,21,30-34H2,1-6H3/t37-,38-,43?/m0/s1. The lowest BCUT2D eigenvalue weighted by molar-refractivity contribution is -0.191. The first kappa shape index (κ1) is 43.5. The number of hydrogen-bond acceptors (Lipinski definition) is 8. The molecule has 1 unspecified atom stereocenters. The van der Waals surface area contributed by atoms with E-state index in [4.69, 9.17) is 18.1 Å². The normalized spacial score (nSPS) is 16.5. The molecule has 12 heteroatoms. The van der Waals surface area contributed by atoms with Crippen molar-refractivity contribution < 1.29 is 34.9 Å².